The summed E-state index contributed by atoms with van der Waals surface area (Å²) < 4.78 is 0. The summed E-state index contributed by atoms with van der Waals surface area (Å²) >= 11 is 5.71. The highest BCUT2D eigenvalue weighted by Gasteiger charge is 2.11. The molecule has 0 saturated heterocycles. The molecule has 0 atom stereocenters. The number of hydrogen-bond donors (Lipinski definition) is 1. The maximum Gasteiger partial charge on any atom is 0.173 e. The molecular formula is C21H29N3S. The highest BCUT2D eigenvalue weighted by molar-refractivity contribution is 7.80. The number of rotatable bonds is 7. The lowest BCUT2D eigenvalue weighted by molar-refractivity contribution is 0.346. The molecule has 0 unspecified atom stereocenters. The largest absolute Gasteiger partial charge is 0.345 e. The second-order valence-corrected chi connectivity index (χ2v) is 7.18. The molecule has 0 aliphatic heterocycles. The van der Waals surface area contributed by atoms with Crippen molar-refractivity contribution in [3.63, 3.8) is 0 Å². The summed E-state index contributed by atoms with van der Waals surface area (Å²) in [6.45, 7) is 7.06. The summed E-state index contributed by atoms with van der Waals surface area (Å²) in [7, 11) is 4.21. The molecule has 0 aliphatic rings. The summed E-state index contributed by atoms with van der Waals surface area (Å²) in [5.74, 6) is 0. The number of anilines is 1. The van der Waals surface area contributed by atoms with E-state index in [-0.39, 0.29) is 0 Å². The molecule has 2 aromatic rings. The van der Waals surface area contributed by atoms with Crippen LogP contribution in [-0.2, 0) is 6.54 Å². The Morgan fingerprint density at radius 2 is 1.68 bits per heavy atom. The third kappa shape index (κ3) is 6.48. The van der Waals surface area contributed by atoms with Gasteiger partial charge in [0, 0.05) is 18.8 Å². The Hall–Kier alpha value is -1.91. The number of nitrogens with zero attached hydrogens (tertiary/aromatic N) is 2. The van der Waals surface area contributed by atoms with Crippen molar-refractivity contribution in [3.05, 3.63) is 65.2 Å². The van der Waals surface area contributed by atoms with Gasteiger partial charge in [-0.1, -0.05) is 36.4 Å². The summed E-state index contributed by atoms with van der Waals surface area (Å²) in [5, 5.41) is 4.20. The smallest absolute Gasteiger partial charge is 0.173 e. The minimum absolute atomic E-state index is 0.783. The van der Waals surface area contributed by atoms with Crippen LogP contribution in [0.2, 0.25) is 0 Å². The third-order valence-electron chi connectivity index (χ3n) is 4.30. The second-order valence-electron chi connectivity index (χ2n) is 6.79. The van der Waals surface area contributed by atoms with Gasteiger partial charge in [-0.3, -0.25) is 0 Å². The molecule has 3 nitrogen and oxygen atoms in total. The van der Waals surface area contributed by atoms with Gasteiger partial charge in [-0.15, -0.1) is 0 Å². The number of aryl methyl sites for hydroxylation is 2. The minimum Gasteiger partial charge on any atom is -0.345 e. The molecule has 25 heavy (non-hydrogen) atoms. The van der Waals surface area contributed by atoms with Crippen molar-refractivity contribution in [3.8, 4) is 0 Å². The fourth-order valence-electron chi connectivity index (χ4n) is 2.66. The van der Waals surface area contributed by atoms with Gasteiger partial charge in [0.15, 0.2) is 5.11 Å². The number of benzene rings is 2. The molecule has 2 aromatic carbocycles. The molecule has 0 saturated carbocycles. The highest BCUT2D eigenvalue weighted by Crippen LogP contribution is 2.16. The summed E-state index contributed by atoms with van der Waals surface area (Å²) in [5.41, 5.74) is 4.90. The average molecular weight is 356 g/mol. The van der Waals surface area contributed by atoms with Crippen molar-refractivity contribution >= 4 is 23.0 Å². The van der Waals surface area contributed by atoms with Crippen molar-refractivity contribution in [2.24, 2.45) is 0 Å². The number of nitrogens with one attached hydrogen (secondary N) is 1. The average Bonchev–Trinajstić information content (AvgIpc) is 2.58. The zero-order chi connectivity index (χ0) is 18.2. The van der Waals surface area contributed by atoms with Crippen molar-refractivity contribution in [2.75, 3.05) is 32.5 Å². The zero-order valence-corrected chi connectivity index (χ0v) is 16.6. The Balaban J connectivity index is 2.06. The predicted molar refractivity (Wildman–Crippen MR) is 112 cm³/mol. The van der Waals surface area contributed by atoms with Crippen molar-refractivity contribution in [1.29, 1.82) is 0 Å². The van der Waals surface area contributed by atoms with Crippen LogP contribution in [0.3, 0.4) is 0 Å². The van der Waals surface area contributed by atoms with Crippen LogP contribution < -0.4 is 5.32 Å². The van der Waals surface area contributed by atoms with Crippen LogP contribution in [0.5, 0.6) is 0 Å². The van der Waals surface area contributed by atoms with E-state index in [0.717, 1.165) is 36.9 Å². The zero-order valence-electron chi connectivity index (χ0n) is 15.7. The summed E-state index contributed by atoms with van der Waals surface area (Å²) in [6, 6.07) is 16.9. The van der Waals surface area contributed by atoms with Crippen molar-refractivity contribution in [2.45, 2.75) is 26.8 Å². The van der Waals surface area contributed by atoms with Crippen LogP contribution >= 0.6 is 12.2 Å². The lowest BCUT2D eigenvalue weighted by Gasteiger charge is -2.27. The molecule has 0 radical (unpaired) electrons. The van der Waals surface area contributed by atoms with Crippen molar-refractivity contribution < 1.29 is 0 Å². The standard InChI is InChI=1S/C21H29N3S/c1-17-11-12-20(15-18(17)2)22-21(25)24(14-8-13-23(3)4)16-19-9-6-5-7-10-19/h5-7,9-12,15H,8,13-14,16H2,1-4H3,(H,22,25). The van der Waals surface area contributed by atoms with E-state index in [2.05, 4.69) is 85.5 Å². The van der Waals surface area contributed by atoms with E-state index >= 15 is 0 Å². The molecular weight excluding hydrogens is 326 g/mol. The topological polar surface area (TPSA) is 18.5 Å². The first-order chi connectivity index (χ1) is 12.0. The lowest BCUT2D eigenvalue weighted by Crippen LogP contribution is -2.36. The Bertz CT molecular complexity index is 683. The normalized spacial score (nSPS) is 10.8. The summed E-state index contributed by atoms with van der Waals surface area (Å²) in [4.78, 5) is 4.46. The maximum absolute atomic E-state index is 5.71. The van der Waals surface area contributed by atoms with Crippen LogP contribution in [0.1, 0.15) is 23.1 Å². The molecule has 4 heteroatoms. The van der Waals surface area contributed by atoms with E-state index in [4.69, 9.17) is 12.2 Å². The maximum atomic E-state index is 5.71. The first kappa shape index (κ1) is 19.4. The number of thiocarbonyl (C=S) groups is 1. The molecule has 134 valence electrons. The highest BCUT2D eigenvalue weighted by atomic mass is 32.1. The SMILES string of the molecule is Cc1ccc(NC(=S)N(CCCN(C)C)Cc2ccccc2)cc1C. The van der Waals surface area contributed by atoms with Crippen LogP contribution in [0, 0.1) is 13.8 Å². The van der Waals surface area contributed by atoms with Crippen LogP contribution in [0.4, 0.5) is 5.69 Å². The molecule has 0 aliphatic carbocycles. The van der Waals surface area contributed by atoms with E-state index in [1.165, 1.54) is 16.7 Å². The number of hydrogen-bond acceptors (Lipinski definition) is 2. The fourth-order valence-corrected chi connectivity index (χ4v) is 2.93. The van der Waals surface area contributed by atoms with Gasteiger partial charge < -0.3 is 15.1 Å². The van der Waals surface area contributed by atoms with E-state index in [1.54, 1.807) is 0 Å². The van der Waals surface area contributed by atoms with Crippen LogP contribution in [-0.4, -0.2) is 42.1 Å². The van der Waals surface area contributed by atoms with Crippen LogP contribution in [0.15, 0.2) is 48.5 Å². The molecule has 0 spiro atoms. The molecule has 0 fully saturated rings. The Morgan fingerprint density at radius 3 is 2.32 bits per heavy atom. The lowest BCUT2D eigenvalue weighted by atomic mass is 10.1. The van der Waals surface area contributed by atoms with Gasteiger partial charge in [0.2, 0.25) is 0 Å². The molecule has 0 bridgehead atoms. The minimum atomic E-state index is 0.783. The van der Waals surface area contributed by atoms with Crippen molar-refractivity contribution in [1.82, 2.24) is 9.80 Å². The second kappa shape index (κ2) is 9.54. The van der Waals surface area contributed by atoms with E-state index in [0.29, 0.717) is 0 Å². The Labute approximate surface area is 157 Å². The monoisotopic (exact) mass is 355 g/mol. The van der Waals surface area contributed by atoms with Gasteiger partial charge in [-0.25, -0.2) is 0 Å². The third-order valence-corrected chi connectivity index (χ3v) is 4.66. The van der Waals surface area contributed by atoms with E-state index in [9.17, 15) is 0 Å². The van der Waals surface area contributed by atoms with Gasteiger partial charge >= 0.3 is 0 Å². The van der Waals surface area contributed by atoms with Gasteiger partial charge in [-0.05, 0) is 81.9 Å². The Kier molecular flexibility index (Phi) is 7.41. The fraction of sp³-hybridized carbons (Fsp3) is 0.381. The van der Waals surface area contributed by atoms with Gasteiger partial charge in [-0.2, -0.15) is 0 Å². The molecule has 2 rings (SSSR count). The Morgan fingerprint density at radius 1 is 0.960 bits per heavy atom. The molecule has 0 amide bonds. The predicted octanol–water partition coefficient (Wildman–Crippen LogP) is 4.45. The van der Waals surface area contributed by atoms with Gasteiger partial charge in [0.25, 0.3) is 0 Å². The first-order valence-corrected chi connectivity index (χ1v) is 9.18. The van der Waals surface area contributed by atoms with E-state index < -0.39 is 0 Å². The molecule has 0 heterocycles. The van der Waals surface area contributed by atoms with Gasteiger partial charge in [0.1, 0.15) is 0 Å². The first-order valence-electron chi connectivity index (χ1n) is 8.77. The van der Waals surface area contributed by atoms with E-state index in [1.807, 2.05) is 6.07 Å². The molecule has 0 aromatic heterocycles. The quantitative estimate of drug-likeness (QED) is 0.739. The van der Waals surface area contributed by atoms with Crippen LogP contribution in [0.25, 0.3) is 0 Å². The molecule has 1 N–H and O–H groups in total. The van der Waals surface area contributed by atoms with Gasteiger partial charge in [0.05, 0.1) is 0 Å². The summed E-state index contributed by atoms with van der Waals surface area (Å²) in [6.07, 6.45) is 1.08.